The van der Waals surface area contributed by atoms with Gasteiger partial charge in [-0.15, -0.1) is 0 Å². The van der Waals surface area contributed by atoms with Gasteiger partial charge in [-0.05, 0) is 76.0 Å². The average molecular weight is 268 g/mol. The van der Waals surface area contributed by atoms with Crippen LogP contribution < -0.4 is 5.73 Å². The number of rotatable bonds is 9. The SMILES string of the molecule is CCCC1CCN(CCCC(CCN)C(C)C)CC1. The molecule has 1 saturated heterocycles. The highest BCUT2D eigenvalue weighted by Crippen LogP contribution is 2.24. The largest absolute Gasteiger partial charge is 0.330 e. The Bertz CT molecular complexity index is 207. The van der Waals surface area contributed by atoms with Crippen molar-refractivity contribution in [2.45, 2.75) is 65.7 Å². The van der Waals surface area contributed by atoms with E-state index in [9.17, 15) is 0 Å². The van der Waals surface area contributed by atoms with Gasteiger partial charge in [0.25, 0.3) is 0 Å². The summed E-state index contributed by atoms with van der Waals surface area (Å²) < 4.78 is 0. The molecule has 2 heteroatoms. The van der Waals surface area contributed by atoms with Crippen molar-refractivity contribution in [1.82, 2.24) is 4.90 Å². The van der Waals surface area contributed by atoms with Gasteiger partial charge in [-0.25, -0.2) is 0 Å². The molecular weight excluding hydrogens is 232 g/mol. The van der Waals surface area contributed by atoms with Crippen LogP contribution in [0.1, 0.15) is 65.7 Å². The first kappa shape index (κ1) is 17.0. The molecule has 1 fully saturated rings. The lowest BCUT2D eigenvalue weighted by molar-refractivity contribution is 0.170. The molecule has 1 heterocycles. The molecule has 0 aliphatic carbocycles. The molecule has 1 aliphatic rings. The normalized spacial score (nSPS) is 20.1. The summed E-state index contributed by atoms with van der Waals surface area (Å²) in [6.07, 6.45) is 9.61. The lowest BCUT2D eigenvalue weighted by Gasteiger charge is -2.32. The zero-order valence-electron chi connectivity index (χ0n) is 13.5. The summed E-state index contributed by atoms with van der Waals surface area (Å²) in [4.78, 5) is 2.69. The number of likely N-dealkylation sites (tertiary alicyclic amines) is 1. The van der Waals surface area contributed by atoms with Crippen LogP contribution in [0.25, 0.3) is 0 Å². The van der Waals surface area contributed by atoms with Crippen LogP contribution in [0.2, 0.25) is 0 Å². The topological polar surface area (TPSA) is 29.3 Å². The first-order chi connectivity index (χ1) is 9.17. The molecule has 0 amide bonds. The summed E-state index contributed by atoms with van der Waals surface area (Å²) in [7, 11) is 0. The van der Waals surface area contributed by atoms with Crippen molar-refractivity contribution in [3.63, 3.8) is 0 Å². The Kier molecular flexibility index (Phi) is 8.72. The summed E-state index contributed by atoms with van der Waals surface area (Å²) in [5.74, 6) is 2.64. The number of nitrogens with two attached hydrogens (primary N) is 1. The Morgan fingerprint density at radius 1 is 1.16 bits per heavy atom. The van der Waals surface area contributed by atoms with Crippen LogP contribution in [-0.4, -0.2) is 31.1 Å². The maximum Gasteiger partial charge on any atom is -0.00161 e. The van der Waals surface area contributed by atoms with Gasteiger partial charge in [0, 0.05) is 0 Å². The third kappa shape index (κ3) is 6.76. The van der Waals surface area contributed by atoms with Crippen LogP contribution in [0.5, 0.6) is 0 Å². The molecule has 0 spiro atoms. The van der Waals surface area contributed by atoms with Gasteiger partial charge in [0.2, 0.25) is 0 Å². The van der Waals surface area contributed by atoms with Crippen molar-refractivity contribution in [2.24, 2.45) is 23.5 Å². The minimum absolute atomic E-state index is 0.791. The van der Waals surface area contributed by atoms with E-state index in [1.54, 1.807) is 0 Å². The number of nitrogens with zero attached hydrogens (tertiary/aromatic N) is 1. The van der Waals surface area contributed by atoms with Gasteiger partial charge in [0.15, 0.2) is 0 Å². The van der Waals surface area contributed by atoms with Gasteiger partial charge in [-0.3, -0.25) is 0 Å². The van der Waals surface area contributed by atoms with Crippen LogP contribution in [0.15, 0.2) is 0 Å². The van der Waals surface area contributed by atoms with Crippen LogP contribution in [0, 0.1) is 17.8 Å². The molecule has 0 bridgehead atoms. The van der Waals surface area contributed by atoms with Crippen molar-refractivity contribution in [2.75, 3.05) is 26.2 Å². The summed E-state index contributed by atoms with van der Waals surface area (Å²) >= 11 is 0. The van der Waals surface area contributed by atoms with Crippen LogP contribution in [-0.2, 0) is 0 Å². The minimum atomic E-state index is 0.791. The third-order valence-electron chi connectivity index (χ3n) is 4.93. The Hall–Kier alpha value is -0.0800. The van der Waals surface area contributed by atoms with Gasteiger partial charge in [0.1, 0.15) is 0 Å². The third-order valence-corrected chi connectivity index (χ3v) is 4.93. The first-order valence-corrected chi connectivity index (χ1v) is 8.59. The van der Waals surface area contributed by atoms with E-state index in [1.165, 1.54) is 64.6 Å². The van der Waals surface area contributed by atoms with Gasteiger partial charge in [0.05, 0.1) is 0 Å². The van der Waals surface area contributed by atoms with E-state index in [4.69, 9.17) is 5.73 Å². The second kappa shape index (κ2) is 9.77. The molecule has 0 radical (unpaired) electrons. The fourth-order valence-electron chi connectivity index (χ4n) is 3.51. The maximum atomic E-state index is 5.72. The molecule has 0 aromatic carbocycles. The Morgan fingerprint density at radius 3 is 2.37 bits per heavy atom. The Labute approximate surface area is 121 Å². The Morgan fingerprint density at radius 2 is 1.84 bits per heavy atom. The van der Waals surface area contributed by atoms with E-state index < -0.39 is 0 Å². The van der Waals surface area contributed by atoms with Gasteiger partial charge in [-0.2, -0.15) is 0 Å². The fourth-order valence-corrected chi connectivity index (χ4v) is 3.51. The van der Waals surface area contributed by atoms with E-state index in [-0.39, 0.29) is 0 Å². The number of hydrogen-bond donors (Lipinski definition) is 1. The molecule has 0 aromatic rings. The van der Waals surface area contributed by atoms with E-state index in [0.717, 1.165) is 24.3 Å². The first-order valence-electron chi connectivity index (χ1n) is 8.59. The molecule has 1 unspecified atom stereocenters. The van der Waals surface area contributed by atoms with Crippen molar-refractivity contribution in [3.8, 4) is 0 Å². The van der Waals surface area contributed by atoms with Gasteiger partial charge in [-0.1, -0.05) is 33.6 Å². The highest BCUT2D eigenvalue weighted by atomic mass is 15.1. The van der Waals surface area contributed by atoms with E-state index in [1.807, 2.05) is 0 Å². The zero-order chi connectivity index (χ0) is 14.1. The van der Waals surface area contributed by atoms with Gasteiger partial charge < -0.3 is 10.6 Å². The fraction of sp³-hybridized carbons (Fsp3) is 1.00. The van der Waals surface area contributed by atoms with Crippen molar-refractivity contribution < 1.29 is 0 Å². The van der Waals surface area contributed by atoms with Gasteiger partial charge >= 0.3 is 0 Å². The molecule has 2 N–H and O–H groups in total. The molecule has 2 nitrogen and oxygen atoms in total. The Balaban J connectivity index is 2.12. The molecular formula is C17H36N2. The van der Waals surface area contributed by atoms with E-state index in [0.29, 0.717) is 0 Å². The van der Waals surface area contributed by atoms with Crippen LogP contribution in [0.4, 0.5) is 0 Å². The van der Waals surface area contributed by atoms with Crippen molar-refractivity contribution in [1.29, 1.82) is 0 Å². The maximum absolute atomic E-state index is 5.72. The lowest BCUT2D eigenvalue weighted by Crippen LogP contribution is -2.34. The van der Waals surface area contributed by atoms with Crippen molar-refractivity contribution >= 4 is 0 Å². The summed E-state index contributed by atoms with van der Waals surface area (Å²) in [6.45, 7) is 11.8. The summed E-state index contributed by atoms with van der Waals surface area (Å²) in [5.41, 5.74) is 5.72. The number of piperidine rings is 1. The van der Waals surface area contributed by atoms with E-state index in [2.05, 4.69) is 25.7 Å². The monoisotopic (exact) mass is 268 g/mol. The summed E-state index contributed by atoms with van der Waals surface area (Å²) in [5, 5.41) is 0. The van der Waals surface area contributed by atoms with Crippen LogP contribution >= 0.6 is 0 Å². The predicted molar refractivity (Wildman–Crippen MR) is 85.3 cm³/mol. The zero-order valence-corrected chi connectivity index (χ0v) is 13.5. The summed E-state index contributed by atoms with van der Waals surface area (Å²) in [6, 6.07) is 0. The minimum Gasteiger partial charge on any atom is -0.330 e. The standard InChI is InChI=1S/C17H36N2/c1-4-6-16-9-13-19(14-10-16)12-5-7-17(8-11-18)15(2)3/h15-17H,4-14,18H2,1-3H3. The van der Waals surface area contributed by atoms with Crippen molar-refractivity contribution in [3.05, 3.63) is 0 Å². The highest BCUT2D eigenvalue weighted by Gasteiger charge is 2.18. The van der Waals surface area contributed by atoms with E-state index >= 15 is 0 Å². The second-order valence-corrected chi connectivity index (χ2v) is 6.80. The smallest absolute Gasteiger partial charge is 0.00161 e. The molecule has 1 aliphatic heterocycles. The lowest BCUT2D eigenvalue weighted by atomic mass is 9.88. The van der Waals surface area contributed by atoms with Crippen LogP contribution in [0.3, 0.4) is 0 Å². The average Bonchev–Trinajstić information content (AvgIpc) is 2.40. The number of hydrogen-bond acceptors (Lipinski definition) is 2. The molecule has 1 atom stereocenters. The molecule has 0 saturated carbocycles. The molecule has 114 valence electrons. The molecule has 1 rings (SSSR count). The molecule has 0 aromatic heterocycles. The highest BCUT2D eigenvalue weighted by molar-refractivity contribution is 4.73. The second-order valence-electron chi connectivity index (χ2n) is 6.80. The molecule has 19 heavy (non-hydrogen) atoms. The quantitative estimate of drug-likeness (QED) is 0.687. The predicted octanol–water partition coefficient (Wildman–Crippen LogP) is 3.90.